The molecule has 0 fully saturated rings. The quantitative estimate of drug-likeness (QED) is 0.258. The Hall–Kier alpha value is -5.40. The number of phenolic OH excluding ortho intramolecular Hbond substituents is 2. The van der Waals surface area contributed by atoms with E-state index in [0.717, 1.165) is 30.3 Å². The van der Waals surface area contributed by atoms with Crippen LogP contribution in [0.2, 0.25) is 0 Å². The summed E-state index contributed by atoms with van der Waals surface area (Å²) >= 11 is 0. The molecule has 0 unspecified atom stereocenters. The lowest BCUT2D eigenvalue weighted by atomic mass is 10.1. The molecule has 0 aliphatic rings. The fourth-order valence-corrected chi connectivity index (χ4v) is 2.59. The highest BCUT2D eigenvalue weighted by Gasteiger charge is 2.25. The van der Waals surface area contributed by atoms with Crippen LogP contribution in [0.1, 0.15) is 20.7 Å². The SMILES string of the molecule is O=C(N=Nc1ccc(NOC(=O)c2ccc([N+](=O)[O-])cc2[N+](=O)[O-])cc1)c1cc(O)cc(O)c1. The average molecular weight is 467 g/mol. The van der Waals surface area contributed by atoms with E-state index in [4.69, 9.17) is 4.84 Å². The highest BCUT2D eigenvalue weighted by atomic mass is 16.7. The first kappa shape index (κ1) is 23.3. The minimum Gasteiger partial charge on any atom is -0.508 e. The van der Waals surface area contributed by atoms with E-state index in [2.05, 4.69) is 15.7 Å². The maximum atomic E-state index is 12.2. The lowest BCUT2D eigenvalue weighted by molar-refractivity contribution is -0.394. The molecule has 14 nitrogen and oxygen atoms in total. The molecule has 1 amide bonds. The van der Waals surface area contributed by atoms with E-state index < -0.39 is 38.7 Å². The number of carbonyl (C=O) groups excluding carboxylic acids is 2. The minimum absolute atomic E-state index is 0.0770. The zero-order valence-corrected chi connectivity index (χ0v) is 16.8. The van der Waals surface area contributed by atoms with E-state index in [1.807, 2.05) is 0 Å². The molecule has 0 bridgehead atoms. The van der Waals surface area contributed by atoms with Crippen LogP contribution in [0, 0.1) is 20.2 Å². The Balaban J connectivity index is 1.64. The predicted octanol–water partition coefficient (Wildman–Crippen LogP) is 4.02. The standard InChI is InChI=1S/C20H13N5O9/c26-15-7-11(8-16(27)10-15)19(28)22-21-12-1-3-13(4-2-12)23-34-20(29)17-6-5-14(24(30)31)9-18(17)25(32)33/h1-10,23,26-27H. The Bertz CT molecular complexity index is 1300. The number of anilines is 1. The first-order chi connectivity index (χ1) is 16.1. The third-order valence-corrected chi connectivity index (χ3v) is 4.14. The van der Waals surface area contributed by atoms with Crippen molar-refractivity contribution < 1.29 is 34.5 Å². The third kappa shape index (κ3) is 5.64. The highest BCUT2D eigenvalue weighted by molar-refractivity contribution is 5.95. The van der Waals surface area contributed by atoms with Crippen molar-refractivity contribution in [2.45, 2.75) is 0 Å². The van der Waals surface area contributed by atoms with Crippen molar-refractivity contribution in [3.8, 4) is 11.5 Å². The summed E-state index contributed by atoms with van der Waals surface area (Å²) in [5, 5.41) is 47.9. The molecule has 3 aromatic carbocycles. The zero-order valence-electron chi connectivity index (χ0n) is 16.8. The van der Waals surface area contributed by atoms with Crippen LogP contribution >= 0.6 is 0 Å². The molecule has 0 heterocycles. The summed E-state index contributed by atoms with van der Waals surface area (Å²) in [6.07, 6.45) is 0. The number of hydrogen-bond acceptors (Lipinski definition) is 11. The normalized spacial score (nSPS) is 10.6. The van der Waals surface area contributed by atoms with Gasteiger partial charge in [0.05, 0.1) is 32.9 Å². The Labute approximate surface area is 189 Å². The number of hydrogen-bond donors (Lipinski definition) is 3. The molecule has 3 aromatic rings. The molecule has 34 heavy (non-hydrogen) atoms. The molecule has 172 valence electrons. The molecule has 0 spiro atoms. The van der Waals surface area contributed by atoms with E-state index in [-0.39, 0.29) is 28.4 Å². The summed E-state index contributed by atoms with van der Waals surface area (Å²) in [7, 11) is 0. The first-order valence-corrected chi connectivity index (χ1v) is 9.13. The number of nitro groups is 2. The Kier molecular flexibility index (Phi) is 6.72. The van der Waals surface area contributed by atoms with Gasteiger partial charge in [-0.25, -0.2) is 10.3 Å². The van der Waals surface area contributed by atoms with E-state index >= 15 is 0 Å². The third-order valence-electron chi connectivity index (χ3n) is 4.14. The highest BCUT2D eigenvalue weighted by Crippen LogP contribution is 2.26. The van der Waals surface area contributed by atoms with Gasteiger partial charge >= 0.3 is 5.97 Å². The first-order valence-electron chi connectivity index (χ1n) is 9.13. The summed E-state index contributed by atoms with van der Waals surface area (Å²) in [4.78, 5) is 49.1. The minimum atomic E-state index is -1.15. The molecule has 0 aliphatic heterocycles. The van der Waals surface area contributed by atoms with E-state index in [1.54, 1.807) is 0 Å². The van der Waals surface area contributed by atoms with Gasteiger partial charge in [0.25, 0.3) is 17.3 Å². The molecule has 0 saturated carbocycles. The molecular formula is C20H13N5O9. The molecule has 0 atom stereocenters. The lowest BCUT2D eigenvalue weighted by Gasteiger charge is -2.07. The number of benzene rings is 3. The monoisotopic (exact) mass is 467 g/mol. The predicted molar refractivity (Wildman–Crippen MR) is 114 cm³/mol. The van der Waals surface area contributed by atoms with Crippen molar-refractivity contribution in [3.05, 3.63) is 92.0 Å². The maximum Gasteiger partial charge on any atom is 0.369 e. The second-order valence-electron chi connectivity index (χ2n) is 6.50. The van der Waals surface area contributed by atoms with Crippen molar-refractivity contribution in [1.82, 2.24) is 0 Å². The van der Waals surface area contributed by atoms with Gasteiger partial charge in [-0.15, -0.1) is 10.2 Å². The van der Waals surface area contributed by atoms with Crippen LogP contribution in [0.5, 0.6) is 11.5 Å². The number of aromatic hydroxyl groups is 2. The average Bonchev–Trinajstić information content (AvgIpc) is 2.80. The van der Waals surface area contributed by atoms with Gasteiger partial charge in [-0.3, -0.25) is 25.0 Å². The van der Waals surface area contributed by atoms with Crippen molar-refractivity contribution in [1.29, 1.82) is 0 Å². The Morgan fingerprint density at radius 2 is 1.53 bits per heavy atom. The molecule has 0 radical (unpaired) electrons. The van der Waals surface area contributed by atoms with Crippen LogP contribution in [0.3, 0.4) is 0 Å². The molecule has 3 rings (SSSR count). The second-order valence-corrected chi connectivity index (χ2v) is 6.50. The van der Waals surface area contributed by atoms with Crippen LogP contribution < -0.4 is 5.48 Å². The van der Waals surface area contributed by atoms with Crippen molar-refractivity contribution in [3.63, 3.8) is 0 Å². The van der Waals surface area contributed by atoms with Gasteiger partial charge in [0.15, 0.2) is 0 Å². The summed E-state index contributed by atoms with van der Waals surface area (Å²) in [5.41, 5.74) is 0.832. The maximum absolute atomic E-state index is 12.2. The molecule has 0 aromatic heterocycles. The van der Waals surface area contributed by atoms with Gasteiger partial charge in [0.1, 0.15) is 17.1 Å². The van der Waals surface area contributed by atoms with Crippen molar-refractivity contribution in [2.24, 2.45) is 10.2 Å². The van der Waals surface area contributed by atoms with Crippen LogP contribution in [-0.4, -0.2) is 31.9 Å². The number of non-ortho nitro benzene ring substituents is 1. The zero-order chi connectivity index (χ0) is 24.8. The van der Waals surface area contributed by atoms with Crippen molar-refractivity contribution >= 4 is 34.6 Å². The van der Waals surface area contributed by atoms with Crippen molar-refractivity contribution in [2.75, 3.05) is 5.48 Å². The number of nitrogens with zero attached hydrogens (tertiary/aromatic N) is 4. The van der Waals surface area contributed by atoms with E-state index in [9.17, 15) is 40.0 Å². The number of rotatable bonds is 7. The summed E-state index contributed by atoms with van der Waals surface area (Å²) in [6, 6.07) is 11.4. The van der Waals surface area contributed by atoms with Crippen LogP contribution in [-0.2, 0) is 4.84 Å². The topological polar surface area (TPSA) is 207 Å². The van der Waals surface area contributed by atoms with Gasteiger partial charge in [0.2, 0.25) is 0 Å². The number of nitro benzene ring substituents is 2. The fraction of sp³-hybridized carbons (Fsp3) is 0. The molecule has 0 saturated heterocycles. The second kappa shape index (κ2) is 9.82. The number of amides is 1. The molecule has 3 N–H and O–H groups in total. The summed E-state index contributed by atoms with van der Waals surface area (Å²) < 4.78 is 0. The largest absolute Gasteiger partial charge is 0.508 e. The van der Waals surface area contributed by atoms with E-state index in [0.29, 0.717) is 6.07 Å². The number of carbonyl (C=O) groups is 2. The fourth-order valence-electron chi connectivity index (χ4n) is 2.59. The molecule has 14 heteroatoms. The number of phenols is 2. The Morgan fingerprint density at radius 1 is 0.882 bits per heavy atom. The van der Waals surface area contributed by atoms with Gasteiger partial charge in [-0.1, -0.05) is 0 Å². The Morgan fingerprint density at radius 3 is 2.12 bits per heavy atom. The molecular weight excluding hydrogens is 454 g/mol. The molecule has 0 aliphatic carbocycles. The van der Waals surface area contributed by atoms with Gasteiger partial charge in [0, 0.05) is 12.1 Å². The van der Waals surface area contributed by atoms with Gasteiger partial charge < -0.3 is 15.1 Å². The summed E-state index contributed by atoms with van der Waals surface area (Å²) in [5.74, 6) is -2.59. The van der Waals surface area contributed by atoms with Crippen LogP contribution in [0.25, 0.3) is 0 Å². The van der Waals surface area contributed by atoms with Gasteiger partial charge in [-0.05, 0) is 42.5 Å². The van der Waals surface area contributed by atoms with Crippen LogP contribution in [0.15, 0.2) is 70.9 Å². The summed E-state index contributed by atoms with van der Waals surface area (Å²) in [6.45, 7) is 0. The van der Waals surface area contributed by atoms with Gasteiger partial charge in [-0.2, -0.15) is 0 Å². The van der Waals surface area contributed by atoms with Crippen LogP contribution in [0.4, 0.5) is 22.7 Å². The number of nitrogens with one attached hydrogen (secondary N) is 1. The van der Waals surface area contributed by atoms with E-state index in [1.165, 1.54) is 24.3 Å². The number of azo groups is 1. The smallest absolute Gasteiger partial charge is 0.369 e. The lowest BCUT2D eigenvalue weighted by Crippen LogP contribution is -2.12.